The summed E-state index contributed by atoms with van der Waals surface area (Å²) < 4.78 is 6.98. The Morgan fingerprint density at radius 1 is 1.30 bits per heavy atom. The van der Waals surface area contributed by atoms with E-state index in [1.807, 2.05) is 20.3 Å². The molecule has 0 unspecified atom stereocenters. The Hall–Kier alpha value is -2.22. The molecule has 1 saturated heterocycles. The SMILES string of the molecule is COCc1nc(N(C)C[C@H]2CC(=O)N(C3CCCC3)C2)c2cnn(C)c2n1. The molecule has 0 bridgehead atoms. The summed E-state index contributed by atoms with van der Waals surface area (Å²) in [4.78, 5) is 26.0. The zero-order chi connectivity index (χ0) is 19.0. The van der Waals surface area contributed by atoms with E-state index < -0.39 is 0 Å². The topological polar surface area (TPSA) is 76.4 Å². The van der Waals surface area contributed by atoms with Crippen LogP contribution in [0.4, 0.5) is 5.82 Å². The summed E-state index contributed by atoms with van der Waals surface area (Å²) in [6, 6.07) is 0.463. The van der Waals surface area contributed by atoms with Crippen LogP contribution in [0.25, 0.3) is 11.0 Å². The van der Waals surface area contributed by atoms with E-state index in [-0.39, 0.29) is 0 Å². The van der Waals surface area contributed by atoms with Crippen molar-refractivity contribution in [1.82, 2.24) is 24.6 Å². The molecule has 1 aliphatic carbocycles. The van der Waals surface area contributed by atoms with Gasteiger partial charge in [-0.3, -0.25) is 9.48 Å². The van der Waals surface area contributed by atoms with Gasteiger partial charge in [0.1, 0.15) is 12.4 Å². The molecule has 4 rings (SSSR count). The summed E-state index contributed by atoms with van der Waals surface area (Å²) in [6.45, 7) is 2.02. The van der Waals surface area contributed by atoms with E-state index in [9.17, 15) is 4.79 Å². The number of hydrogen-bond acceptors (Lipinski definition) is 6. The molecule has 1 amide bonds. The number of fused-ring (bicyclic) bond motifs is 1. The summed E-state index contributed by atoms with van der Waals surface area (Å²) in [7, 11) is 5.56. The van der Waals surface area contributed by atoms with Gasteiger partial charge in [-0.05, 0) is 12.8 Å². The molecule has 146 valence electrons. The maximum absolute atomic E-state index is 12.5. The van der Waals surface area contributed by atoms with E-state index in [4.69, 9.17) is 9.72 Å². The smallest absolute Gasteiger partial charge is 0.223 e. The summed E-state index contributed by atoms with van der Waals surface area (Å²) in [5.74, 6) is 2.14. The minimum absolute atomic E-state index is 0.314. The molecule has 2 aromatic rings. The van der Waals surface area contributed by atoms with Crippen molar-refractivity contribution in [3.8, 4) is 0 Å². The molecule has 0 radical (unpaired) electrons. The Morgan fingerprint density at radius 3 is 2.81 bits per heavy atom. The summed E-state index contributed by atoms with van der Waals surface area (Å²) in [6.07, 6.45) is 7.27. The highest BCUT2D eigenvalue weighted by Gasteiger charge is 2.36. The van der Waals surface area contributed by atoms with Crippen molar-refractivity contribution in [2.24, 2.45) is 13.0 Å². The maximum atomic E-state index is 12.5. The van der Waals surface area contributed by atoms with E-state index in [1.54, 1.807) is 11.8 Å². The first kappa shape index (κ1) is 18.2. The Kier molecular flexibility index (Phi) is 4.99. The molecule has 2 fully saturated rings. The number of ether oxygens (including phenoxy) is 1. The lowest BCUT2D eigenvalue weighted by Crippen LogP contribution is -2.35. The summed E-state index contributed by atoms with van der Waals surface area (Å²) in [5.41, 5.74) is 0.800. The number of likely N-dealkylation sites (tertiary alicyclic amines) is 1. The number of aromatic nitrogens is 4. The van der Waals surface area contributed by atoms with Crippen molar-refractivity contribution in [2.45, 2.75) is 44.8 Å². The van der Waals surface area contributed by atoms with Crippen LogP contribution in [-0.4, -0.2) is 63.8 Å². The zero-order valence-electron chi connectivity index (χ0n) is 16.4. The van der Waals surface area contributed by atoms with Crippen LogP contribution >= 0.6 is 0 Å². The van der Waals surface area contributed by atoms with Gasteiger partial charge in [-0.2, -0.15) is 5.10 Å². The van der Waals surface area contributed by atoms with Crippen LogP contribution < -0.4 is 4.90 Å². The predicted molar refractivity (Wildman–Crippen MR) is 102 cm³/mol. The highest BCUT2D eigenvalue weighted by Crippen LogP contribution is 2.31. The number of hydrogen-bond donors (Lipinski definition) is 0. The van der Waals surface area contributed by atoms with E-state index >= 15 is 0 Å². The second-order valence-electron chi connectivity index (χ2n) is 7.84. The zero-order valence-corrected chi connectivity index (χ0v) is 16.4. The van der Waals surface area contributed by atoms with Gasteiger partial charge < -0.3 is 14.5 Å². The maximum Gasteiger partial charge on any atom is 0.223 e. The molecular formula is C19H28N6O2. The molecule has 0 aromatic carbocycles. The average molecular weight is 372 g/mol. The molecule has 27 heavy (non-hydrogen) atoms. The number of carbonyl (C=O) groups excluding carboxylic acids is 1. The first-order chi connectivity index (χ1) is 13.1. The minimum atomic E-state index is 0.314. The Balaban J connectivity index is 1.53. The molecule has 2 aromatic heterocycles. The second kappa shape index (κ2) is 7.42. The monoisotopic (exact) mass is 372 g/mol. The lowest BCUT2D eigenvalue weighted by atomic mass is 10.1. The van der Waals surface area contributed by atoms with Crippen LogP contribution in [0, 0.1) is 5.92 Å². The lowest BCUT2D eigenvalue weighted by Gasteiger charge is -2.26. The van der Waals surface area contributed by atoms with E-state index in [2.05, 4.69) is 19.9 Å². The molecule has 3 heterocycles. The van der Waals surface area contributed by atoms with Gasteiger partial charge >= 0.3 is 0 Å². The molecule has 1 atom stereocenters. The normalized spacial score (nSPS) is 20.9. The van der Waals surface area contributed by atoms with Crippen molar-refractivity contribution in [3.05, 3.63) is 12.0 Å². The average Bonchev–Trinajstić information content (AvgIpc) is 3.36. The van der Waals surface area contributed by atoms with Gasteiger partial charge in [0.2, 0.25) is 5.91 Å². The fraction of sp³-hybridized carbons (Fsp3) is 0.684. The van der Waals surface area contributed by atoms with Crippen molar-refractivity contribution in [2.75, 3.05) is 32.1 Å². The van der Waals surface area contributed by atoms with Gasteiger partial charge in [-0.1, -0.05) is 12.8 Å². The van der Waals surface area contributed by atoms with Crippen LogP contribution in [0.15, 0.2) is 6.20 Å². The van der Waals surface area contributed by atoms with Gasteiger partial charge in [-0.25, -0.2) is 9.97 Å². The largest absolute Gasteiger partial charge is 0.377 e. The Bertz CT molecular complexity index is 829. The van der Waals surface area contributed by atoms with Crippen LogP contribution in [0.2, 0.25) is 0 Å². The standard InChI is InChI=1S/C19H28N6O2/c1-23(10-13-8-17(26)25(11-13)14-6-4-5-7-14)18-15-9-20-24(2)19(15)22-16(21-18)12-27-3/h9,13-14H,4-8,10-12H2,1-3H3/t13-/m1/s1. The molecule has 1 saturated carbocycles. The van der Waals surface area contributed by atoms with Crippen molar-refractivity contribution in [1.29, 1.82) is 0 Å². The van der Waals surface area contributed by atoms with Crippen molar-refractivity contribution < 1.29 is 9.53 Å². The second-order valence-corrected chi connectivity index (χ2v) is 7.84. The summed E-state index contributed by atoms with van der Waals surface area (Å²) >= 11 is 0. The number of aryl methyl sites for hydroxylation is 1. The van der Waals surface area contributed by atoms with Crippen molar-refractivity contribution >= 4 is 22.8 Å². The molecule has 1 aliphatic heterocycles. The number of amides is 1. The van der Waals surface area contributed by atoms with E-state index in [0.717, 1.165) is 42.8 Å². The third-order valence-electron chi connectivity index (χ3n) is 5.79. The third-order valence-corrected chi connectivity index (χ3v) is 5.79. The van der Waals surface area contributed by atoms with Crippen LogP contribution in [-0.2, 0) is 23.2 Å². The lowest BCUT2D eigenvalue weighted by molar-refractivity contribution is -0.129. The third kappa shape index (κ3) is 3.50. The predicted octanol–water partition coefficient (Wildman–Crippen LogP) is 1.74. The number of rotatable bonds is 6. The Morgan fingerprint density at radius 2 is 2.07 bits per heavy atom. The van der Waals surface area contributed by atoms with Crippen LogP contribution in [0.1, 0.15) is 37.9 Å². The first-order valence-electron chi connectivity index (χ1n) is 9.75. The first-order valence-corrected chi connectivity index (χ1v) is 9.75. The molecule has 2 aliphatic rings. The molecule has 8 heteroatoms. The van der Waals surface area contributed by atoms with Gasteiger partial charge in [0, 0.05) is 52.7 Å². The number of carbonyl (C=O) groups is 1. The fourth-order valence-electron chi connectivity index (χ4n) is 4.51. The van der Waals surface area contributed by atoms with Gasteiger partial charge in [-0.15, -0.1) is 0 Å². The number of nitrogens with zero attached hydrogens (tertiary/aromatic N) is 6. The number of methoxy groups -OCH3 is 1. The Labute approximate surface area is 159 Å². The molecule has 0 spiro atoms. The highest BCUT2D eigenvalue weighted by molar-refractivity contribution is 5.87. The van der Waals surface area contributed by atoms with Crippen LogP contribution in [0.3, 0.4) is 0 Å². The number of anilines is 1. The van der Waals surface area contributed by atoms with Gasteiger partial charge in [0.15, 0.2) is 11.5 Å². The molecule has 8 nitrogen and oxygen atoms in total. The molecule has 0 N–H and O–H groups in total. The quantitative estimate of drug-likeness (QED) is 0.769. The van der Waals surface area contributed by atoms with E-state index in [1.165, 1.54) is 12.8 Å². The minimum Gasteiger partial charge on any atom is -0.377 e. The highest BCUT2D eigenvalue weighted by atomic mass is 16.5. The fourth-order valence-corrected chi connectivity index (χ4v) is 4.51. The van der Waals surface area contributed by atoms with Crippen LogP contribution in [0.5, 0.6) is 0 Å². The molecular weight excluding hydrogens is 344 g/mol. The summed E-state index contributed by atoms with van der Waals surface area (Å²) in [5, 5.41) is 5.26. The van der Waals surface area contributed by atoms with Gasteiger partial charge in [0.25, 0.3) is 0 Å². The van der Waals surface area contributed by atoms with Gasteiger partial charge in [0.05, 0.1) is 11.6 Å². The van der Waals surface area contributed by atoms with E-state index in [0.29, 0.717) is 36.7 Å². The van der Waals surface area contributed by atoms with Crippen molar-refractivity contribution in [3.63, 3.8) is 0 Å².